The van der Waals surface area contributed by atoms with Crippen LogP contribution in [0.15, 0.2) is 48.5 Å². The number of benzene rings is 2. The molecule has 2 aliphatic heterocycles. The van der Waals surface area contributed by atoms with E-state index < -0.39 is 0 Å². The summed E-state index contributed by atoms with van der Waals surface area (Å²) < 4.78 is 0. The Hall–Kier alpha value is -3.06. The molecule has 0 spiro atoms. The molecule has 0 bridgehead atoms. The van der Waals surface area contributed by atoms with Crippen LogP contribution in [0.3, 0.4) is 0 Å². The minimum absolute atomic E-state index is 0.00635. The van der Waals surface area contributed by atoms with Crippen LogP contribution >= 0.6 is 11.6 Å². The molecule has 1 unspecified atom stereocenters. The van der Waals surface area contributed by atoms with E-state index in [1.54, 1.807) is 39.0 Å². The molecule has 2 aliphatic rings. The first-order valence-electron chi connectivity index (χ1n) is 11.3. The third-order valence-electron chi connectivity index (χ3n) is 6.23. The molecule has 0 aliphatic carbocycles. The zero-order chi connectivity index (χ0) is 23.4. The topological polar surface area (TPSA) is 73.0 Å². The molecule has 2 saturated heterocycles. The summed E-state index contributed by atoms with van der Waals surface area (Å²) in [5.74, 6) is -0.298. The van der Waals surface area contributed by atoms with E-state index in [-0.39, 0.29) is 30.2 Å². The molecule has 2 aromatic carbocycles. The molecule has 174 valence electrons. The van der Waals surface area contributed by atoms with Crippen LogP contribution in [0.25, 0.3) is 0 Å². The fraction of sp³-hybridized carbons (Fsp3) is 0.400. The van der Waals surface area contributed by atoms with E-state index in [0.717, 1.165) is 5.56 Å². The van der Waals surface area contributed by atoms with Gasteiger partial charge in [-0.25, -0.2) is 4.79 Å². The molecule has 2 heterocycles. The van der Waals surface area contributed by atoms with Crippen LogP contribution in [0.1, 0.15) is 24.0 Å². The lowest BCUT2D eigenvalue weighted by Gasteiger charge is -2.25. The summed E-state index contributed by atoms with van der Waals surface area (Å²) >= 11 is 5.99. The fourth-order valence-corrected chi connectivity index (χ4v) is 4.56. The first-order chi connectivity index (χ1) is 15.9. The number of hydrogen-bond donors (Lipinski definition) is 1. The molecule has 0 aromatic heterocycles. The number of nitrogens with one attached hydrogen (secondary N) is 1. The van der Waals surface area contributed by atoms with Gasteiger partial charge in [0.25, 0.3) is 0 Å². The van der Waals surface area contributed by atoms with Gasteiger partial charge in [0.15, 0.2) is 0 Å². The van der Waals surface area contributed by atoms with E-state index >= 15 is 0 Å². The number of carbonyl (C=O) groups is 3. The monoisotopic (exact) mass is 468 g/mol. The summed E-state index contributed by atoms with van der Waals surface area (Å²) in [4.78, 5) is 43.7. The maximum absolute atomic E-state index is 13.2. The number of urea groups is 1. The highest BCUT2D eigenvalue weighted by molar-refractivity contribution is 6.30. The van der Waals surface area contributed by atoms with Gasteiger partial charge < -0.3 is 20.0 Å². The van der Waals surface area contributed by atoms with Gasteiger partial charge in [0, 0.05) is 56.4 Å². The number of carbonyl (C=O) groups excluding carboxylic acids is 3. The average Bonchev–Trinajstić information content (AvgIpc) is 2.99. The molecule has 0 saturated carbocycles. The van der Waals surface area contributed by atoms with E-state index in [2.05, 4.69) is 5.32 Å². The van der Waals surface area contributed by atoms with Gasteiger partial charge in [-0.1, -0.05) is 47.5 Å². The molecular formula is C25H29ClN4O3. The van der Waals surface area contributed by atoms with Gasteiger partial charge in [-0.05, 0) is 37.1 Å². The number of hydrogen-bond acceptors (Lipinski definition) is 3. The SMILES string of the molecule is Cc1ccc(CN2CC(C(=O)N3CCCN(C(=O)Nc4cccc(Cl)c4)CC3)CC2=O)cc1. The minimum Gasteiger partial charge on any atom is -0.341 e. The first-order valence-corrected chi connectivity index (χ1v) is 11.7. The summed E-state index contributed by atoms with van der Waals surface area (Å²) in [5, 5.41) is 3.42. The normalized spacial score (nSPS) is 18.9. The Balaban J connectivity index is 1.30. The molecule has 1 atom stereocenters. The smallest absolute Gasteiger partial charge is 0.321 e. The number of likely N-dealkylation sites (tertiary alicyclic amines) is 1. The van der Waals surface area contributed by atoms with Gasteiger partial charge in [0.05, 0.1) is 5.92 Å². The third kappa shape index (κ3) is 5.85. The third-order valence-corrected chi connectivity index (χ3v) is 6.46. The molecule has 2 aromatic rings. The van der Waals surface area contributed by atoms with E-state index in [9.17, 15) is 14.4 Å². The Morgan fingerprint density at radius 2 is 1.76 bits per heavy atom. The van der Waals surface area contributed by atoms with Crippen LogP contribution in [0.5, 0.6) is 0 Å². The predicted octanol–water partition coefficient (Wildman–Crippen LogP) is 3.76. The van der Waals surface area contributed by atoms with Crippen LogP contribution in [0.4, 0.5) is 10.5 Å². The summed E-state index contributed by atoms with van der Waals surface area (Å²) in [6.45, 7) is 5.07. The van der Waals surface area contributed by atoms with Gasteiger partial charge >= 0.3 is 6.03 Å². The maximum Gasteiger partial charge on any atom is 0.321 e. The molecular weight excluding hydrogens is 440 g/mol. The van der Waals surface area contributed by atoms with E-state index in [0.29, 0.717) is 56.4 Å². The highest BCUT2D eigenvalue weighted by Gasteiger charge is 2.37. The zero-order valence-corrected chi connectivity index (χ0v) is 19.6. The van der Waals surface area contributed by atoms with Crippen molar-refractivity contribution in [2.75, 3.05) is 38.0 Å². The highest BCUT2D eigenvalue weighted by atomic mass is 35.5. The van der Waals surface area contributed by atoms with Crippen LogP contribution in [-0.2, 0) is 16.1 Å². The van der Waals surface area contributed by atoms with Crippen molar-refractivity contribution in [3.63, 3.8) is 0 Å². The van der Waals surface area contributed by atoms with Crippen molar-refractivity contribution in [2.45, 2.75) is 26.3 Å². The number of halogens is 1. The fourth-order valence-electron chi connectivity index (χ4n) is 4.37. The van der Waals surface area contributed by atoms with Crippen LogP contribution in [0, 0.1) is 12.8 Å². The molecule has 2 fully saturated rings. The minimum atomic E-state index is -0.324. The lowest BCUT2D eigenvalue weighted by atomic mass is 10.1. The standard InChI is InChI=1S/C25H29ClN4O3/c1-18-6-8-19(9-7-18)16-30-17-20(14-23(30)31)24(32)28-10-3-11-29(13-12-28)25(33)27-22-5-2-4-21(26)15-22/h2,4-9,15,20H,3,10-14,16-17H2,1H3,(H,27,33). The van der Waals surface area contributed by atoms with E-state index in [1.807, 2.05) is 31.2 Å². The van der Waals surface area contributed by atoms with Gasteiger partial charge in [-0.3, -0.25) is 9.59 Å². The molecule has 8 heteroatoms. The number of amides is 4. The second-order valence-electron chi connectivity index (χ2n) is 8.77. The lowest BCUT2D eigenvalue weighted by molar-refractivity contribution is -0.135. The summed E-state index contributed by atoms with van der Waals surface area (Å²) in [5.41, 5.74) is 2.89. The van der Waals surface area contributed by atoms with Crippen molar-refractivity contribution in [1.29, 1.82) is 0 Å². The van der Waals surface area contributed by atoms with E-state index in [1.165, 1.54) is 5.56 Å². The summed E-state index contributed by atoms with van der Waals surface area (Å²) in [6, 6.07) is 14.9. The molecule has 0 radical (unpaired) electrons. The highest BCUT2D eigenvalue weighted by Crippen LogP contribution is 2.23. The Morgan fingerprint density at radius 1 is 1.03 bits per heavy atom. The van der Waals surface area contributed by atoms with Gasteiger partial charge in [-0.15, -0.1) is 0 Å². The number of aryl methyl sites for hydroxylation is 1. The van der Waals surface area contributed by atoms with E-state index in [4.69, 9.17) is 11.6 Å². The van der Waals surface area contributed by atoms with Gasteiger partial charge in [-0.2, -0.15) is 0 Å². The average molecular weight is 469 g/mol. The lowest BCUT2D eigenvalue weighted by Crippen LogP contribution is -2.41. The van der Waals surface area contributed by atoms with Crippen molar-refractivity contribution < 1.29 is 14.4 Å². The van der Waals surface area contributed by atoms with Crippen molar-refractivity contribution in [2.24, 2.45) is 5.92 Å². The zero-order valence-electron chi connectivity index (χ0n) is 18.8. The summed E-state index contributed by atoms with van der Waals surface area (Å²) in [6.07, 6.45) is 0.947. The molecule has 33 heavy (non-hydrogen) atoms. The van der Waals surface area contributed by atoms with Crippen LogP contribution < -0.4 is 5.32 Å². The van der Waals surface area contributed by atoms with Crippen molar-refractivity contribution in [1.82, 2.24) is 14.7 Å². The molecule has 7 nitrogen and oxygen atoms in total. The predicted molar refractivity (Wildman–Crippen MR) is 128 cm³/mol. The summed E-state index contributed by atoms with van der Waals surface area (Å²) in [7, 11) is 0. The Morgan fingerprint density at radius 3 is 2.52 bits per heavy atom. The van der Waals surface area contributed by atoms with Crippen LogP contribution in [0.2, 0.25) is 5.02 Å². The Bertz CT molecular complexity index is 1030. The Labute approximate surface area is 199 Å². The number of rotatable bonds is 4. The first kappa shape index (κ1) is 23.1. The maximum atomic E-state index is 13.2. The second kappa shape index (κ2) is 10.3. The van der Waals surface area contributed by atoms with Crippen molar-refractivity contribution in [3.05, 3.63) is 64.7 Å². The number of anilines is 1. The molecule has 1 N–H and O–H groups in total. The van der Waals surface area contributed by atoms with Gasteiger partial charge in [0.1, 0.15) is 0 Å². The van der Waals surface area contributed by atoms with Gasteiger partial charge in [0.2, 0.25) is 11.8 Å². The van der Waals surface area contributed by atoms with Crippen molar-refractivity contribution in [3.8, 4) is 0 Å². The largest absolute Gasteiger partial charge is 0.341 e. The molecule has 4 rings (SSSR count). The molecule has 4 amide bonds. The van der Waals surface area contributed by atoms with Crippen LogP contribution in [-0.4, -0.2) is 65.3 Å². The second-order valence-corrected chi connectivity index (χ2v) is 9.20. The Kier molecular flexibility index (Phi) is 7.18. The van der Waals surface area contributed by atoms with Crippen molar-refractivity contribution >= 4 is 35.1 Å². The number of nitrogens with zero attached hydrogens (tertiary/aromatic N) is 3. The quantitative estimate of drug-likeness (QED) is 0.742.